The van der Waals surface area contributed by atoms with E-state index in [-0.39, 0.29) is 22.7 Å². The maximum atomic E-state index is 12.7. The third-order valence-electron chi connectivity index (χ3n) is 7.46. The number of ketones is 1. The van der Waals surface area contributed by atoms with E-state index < -0.39 is 6.02 Å². The number of nitrogens with two attached hydrogens (primary N) is 2. The Morgan fingerprint density at radius 2 is 2.00 bits per heavy atom. The minimum Gasteiger partial charge on any atom is -0.444 e. The first-order valence-corrected chi connectivity index (χ1v) is 13.6. The smallest absolute Gasteiger partial charge is 0.227 e. The van der Waals surface area contributed by atoms with Gasteiger partial charge in [0.1, 0.15) is 17.0 Å². The number of oxazole rings is 1. The number of hydrogen-bond donors (Lipinski definition) is 2. The molecule has 0 radical (unpaired) electrons. The second-order valence-corrected chi connectivity index (χ2v) is 11.1. The predicted molar refractivity (Wildman–Crippen MR) is 148 cm³/mol. The average Bonchev–Trinajstić information content (AvgIpc) is 3.52. The first-order valence-electron chi connectivity index (χ1n) is 12.9. The highest BCUT2D eigenvalue weighted by molar-refractivity contribution is 7.99. The lowest BCUT2D eigenvalue weighted by molar-refractivity contribution is 0.101. The van der Waals surface area contributed by atoms with Gasteiger partial charge in [0.25, 0.3) is 0 Å². The lowest BCUT2D eigenvalue weighted by Gasteiger charge is -2.42. The Morgan fingerprint density at radius 1 is 1.21 bits per heavy atom. The molecule has 4 N–H and O–H groups in total. The SMILES string of the molecule is [2H][C@@]1(N)c2ccccc2CC12CCN(c1nc(N)c(Sc3cccc(-c4ncco4)c3Cl)nc1C(C)=O)CC2. The molecular formula is C28H27ClN6O2S. The van der Waals surface area contributed by atoms with Crippen LogP contribution in [-0.4, -0.2) is 33.8 Å². The number of carbonyl (C=O) groups excluding carboxylic acids is 1. The van der Waals surface area contributed by atoms with Gasteiger partial charge in [-0.15, -0.1) is 0 Å². The van der Waals surface area contributed by atoms with E-state index in [1.165, 1.54) is 24.9 Å². The molecule has 10 heteroatoms. The molecule has 38 heavy (non-hydrogen) atoms. The molecular weight excluding hydrogens is 520 g/mol. The molecule has 0 saturated carbocycles. The third-order valence-corrected chi connectivity index (χ3v) is 9.04. The zero-order valence-electron chi connectivity index (χ0n) is 21.8. The summed E-state index contributed by atoms with van der Waals surface area (Å²) in [6.07, 6.45) is 5.20. The van der Waals surface area contributed by atoms with Gasteiger partial charge in [0.05, 0.1) is 18.2 Å². The Morgan fingerprint density at radius 3 is 2.71 bits per heavy atom. The van der Waals surface area contributed by atoms with Crippen LogP contribution in [0.4, 0.5) is 11.6 Å². The highest BCUT2D eigenvalue weighted by atomic mass is 35.5. The minimum absolute atomic E-state index is 0.207. The molecule has 1 aliphatic heterocycles. The topological polar surface area (TPSA) is 124 Å². The van der Waals surface area contributed by atoms with E-state index in [1.54, 1.807) is 6.20 Å². The number of carbonyl (C=O) groups is 1. The highest BCUT2D eigenvalue weighted by Gasteiger charge is 2.46. The zero-order chi connectivity index (χ0) is 27.4. The first kappa shape index (κ1) is 23.7. The molecule has 1 spiro atoms. The van der Waals surface area contributed by atoms with Crippen LogP contribution < -0.4 is 16.4 Å². The Kier molecular flexibility index (Phi) is 6.06. The number of halogens is 1. The fraction of sp³-hybridized carbons (Fsp3) is 0.286. The number of hydrogen-bond acceptors (Lipinski definition) is 9. The third kappa shape index (κ3) is 4.24. The Hall–Kier alpha value is -3.40. The molecule has 0 unspecified atom stereocenters. The average molecular weight is 548 g/mol. The number of nitrogens with zero attached hydrogens (tertiary/aromatic N) is 4. The van der Waals surface area contributed by atoms with Gasteiger partial charge in [-0.25, -0.2) is 15.0 Å². The summed E-state index contributed by atoms with van der Waals surface area (Å²) < 4.78 is 14.5. The second kappa shape index (κ2) is 9.72. The van der Waals surface area contributed by atoms with Gasteiger partial charge in [0, 0.05) is 30.9 Å². The quantitative estimate of drug-likeness (QED) is 0.309. The van der Waals surface area contributed by atoms with Gasteiger partial charge in [0.2, 0.25) is 5.89 Å². The Bertz CT molecular complexity index is 1570. The van der Waals surface area contributed by atoms with Crippen LogP contribution in [0.15, 0.2) is 69.3 Å². The lowest BCUT2D eigenvalue weighted by atomic mass is 9.73. The molecule has 8 nitrogen and oxygen atoms in total. The molecule has 1 saturated heterocycles. The van der Waals surface area contributed by atoms with Gasteiger partial charge in [-0.3, -0.25) is 4.79 Å². The summed E-state index contributed by atoms with van der Waals surface area (Å²) in [5.41, 5.74) is 15.6. The van der Waals surface area contributed by atoms with E-state index in [1.807, 2.05) is 41.3 Å². The van der Waals surface area contributed by atoms with Crippen molar-refractivity contribution in [2.24, 2.45) is 11.1 Å². The molecule has 0 amide bonds. The standard InChI is InChI=1S/C28H27ClN6O2S/c1-16(36)22-25(35-12-9-28(10-13-35)15-17-5-2-3-6-18(17)23(28)30)34-24(31)27(33-22)38-20-8-4-7-19(21(20)29)26-32-11-14-37-26/h2-8,11,14,23H,9-10,12-13,15,30H2,1H3,(H2,31,34)/t23-/m1/s1/i23D. The molecule has 194 valence electrons. The summed E-state index contributed by atoms with van der Waals surface area (Å²) in [5.74, 6) is 0.867. The molecule has 1 fully saturated rings. The summed E-state index contributed by atoms with van der Waals surface area (Å²) in [6, 6.07) is 12.3. The van der Waals surface area contributed by atoms with Crippen LogP contribution in [0.1, 0.15) is 48.8 Å². The number of piperidine rings is 1. The van der Waals surface area contributed by atoms with Crippen LogP contribution in [0.25, 0.3) is 11.5 Å². The summed E-state index contributed by atoms with van der Waals surface area (Å²) in [6.45, 7) is 2.66. The number of benzene rings is 2. The monoisotopic (exact) mass is 547 g/mol. The number of Topliss-reactive ketones (excluding diaryl/α,β-unsaturated/α-hetero) is 1. The van der Waals surface area contributed by atoms with Crippen LogP contribution in [0.2, 0.25) is 5.02 Å². The van der Waals surface area contributed by atoms with Crippen LogP contribution >= 0.6 is 23.4 Å². The van der Waals surface area contributed by atoms with E-state index >= 15 is 0 Å². The molecule has 6 rings (SSSR count). The van der Waals surface area contributed by atoms with E-state index in [2.05, 4.69) is 21.0 Å². The number of anilines is 2. The molecule has 0 bridgehead atoms. The van der Waals surface area contributed by atoms with Crippen molar-refractivity contribution in [3.63, 3.8) is 0 Å². The first-order chi connectivity index (χ1) is 18.7. The zero-order valence-corrected chi connectivity index (χ0v) is 22.4. The molecule has 3 heterocycles. The van der Waals surface area contributed by atoms with Gasteiger partial charge in [-0.05, 0) is 47.9 Å². The van der Waals surface area contributed by atoms with Crippen molar-refractivity contribution in [1.29, 1.82) is 0 Å². The van der Waals surface area contributed by atoms with Gasteiger partial charge in [-0.1, -0.05) is 53.7 Å². The summed E-state index contributed by atoms with van der Waals surface area (Å²) in [4.78, 5) is 28.9. The minimum atomic E-state index is -1.16. The second-order valence-electron chi connectivity index (χ2n) is 9.71. The van der Waals surface area contributed by atoms with Crippen molar-refractivity contribution in [3.8, 4) is 11.5 Å². The lowest BCUT2D eigenvalue weighted by Crippen LogP contribution is -2.45. The Labute approximate surface area is 231 Å². The molecule has 2 aromatic carbocycles. The van der Waals surface area contributed by atoms with Crippen molar-refractivity contribution >= 4 is 40.8 Å². The van der Waals surface area contributed by atoms with Gasteiger partial charge in [0.15, 0.2) is 17.4 Å². The largest absolute Gasteiger partial charge is 0.444 e. The van der Waals surface area contributed by atoms with E-state index in [9.17, 15) is 4.79 Å². The van der Waals surface area contributed by atoms with Gasteiger partial charge >= 0.3 is 0 Å². The van der Waals surface area contributed by atoms with Crippen molar-refractivity contribution in [1.82, 2.24) is 15.0 Å². The normalized spacial score (nSPS) is 20.4. The fourth-order valence-corrected chi connectivity index (χ4v) is 6.61. The van der Waals surface area contributed by atoms with Gasteiger partial charge in [-0.2, -0.15) is 0 Å². The molecule has 4 aromatic rings. The predicted octanol–water partition coefficient (Wildman–Crippen LogP) is 5.56. The van der Waals surface area contributed by atoms with E-state index in [4.69, 9.17) is 28.9 Å². The molecule has 2 aromatic heterocycles. The van der Waals surface area contributed by atoms with Gasteiger partial charge < -0.3 is 20.8 Å². The maximum absolute atomic E-state index is 12.7. The summed E-state index contributed by atoms with van der Waals surface area (Å²) in [5, 5.41) is 0.835. The number of aromatic nitrogens is 3. The van der Waals surface area contributed by atoms with Crippen LogP contribution in [0.5, 0.6) is 0 Å². The van der Waals surface area contributed by atoms with Crippen molar-refractivity contribution in [2.45, 2.75) is 42.1 Å². The van der Waals surface area contributed by atoms with Crippen LogP contribution in [0, 0.1) is 5.41 Å². The summed E-state index contributed by atoms with van der Waals surface area (Å²) in [7, 11) is 0. The molecule has 2 aliphatic rings. The van der Waals surface area contributed by atoms with Crippen molar-refractivity contribution in [2.75, 3.05) is 23.7 Å². The fourth-order valence-electron chi connectivity index (χ4n) is 5.45. The number of nitrogen functional groups attached to an aromatic ring is 1. The number of rotatable bonds is 5. The Balaban J connectivity index is 1.27. The number of fused-ring (bicyclic) bond motifs is 1. The van der Waals surface area contributed by atoms with Crippen LogP contribution in [-0.2, 0) is 6.42 Å². The van der Waals surface area contributed by atoms with Crippen molar-refractivity contribution in [3.05, 3.63) is 76.8 Å². The molecule has 1 atom stereocenters. The maximum Gasteiger partial charge on any atom is 0.227 e. The summed E-state index contributed by atoms with van der Waals surface area (Å²) >= 11 is 7.90. The molecule has 1 aliphatic carbocycles. The van der Waals surface area contributed by atoms with Crippen LogP contribution in [0.3, 0.4) is 0 Å². The van der Waals surface area contributed by atoms with E-state index in [0.29, 0.717) is 58.1 Å². The highest BCUT2D eigenvalue weighted by Crippen LogP contribution is 2.51. The van der Waals surface area contributed by atoms with Crippen molar-refractivity contribution < 1.29 is 10.6 Å². The van der Waals surface area contributed by atoms with E-state index in [0.717, 1.165) is 17.5 Å².